The molecule has 0 aliphatic heterocycles. The third-order valence-electron chi connectivity index (χ3n) is 2.40. The summed E-state index contributed by atoms with van der Waals surface area (Å²) in [7, 11) is 0. The summed E-state index contributed by atoms with van der Waals surface area (Å²) >= 11 is 0. The van der Waals surface area contributed by atoms with Crippen molar-refractivity contribution >= 4 is 5.97 Å². The van der Waals surface area contributed by atoms with Crippen LogP contribution in [-0.2, 0) is 9.53 Å². The Balaban J connectivity index is 2.76. The lowest BCUT2D eigenvalue weighted by atomic mass is 10.0. The summed E-state index contributed by atoms with van der Waals surface area (Å²) in [5.41, 5.74) is 6.63. The first-order valence-electron chi connectivity index (χ1n) is 5.95. The van der Waals surface area contributed by atoms with Crippen molar-refractivity contribution < 1.29 is 19.4 Å². The van der Waals surface area contributed by atoms with Crippen LogP contribution in [-0.4, -0.2) is 24.3 Å². The number of ether oxygens (including phenoxy) is 2. The molecule has 18 heavy (non-hydrogen) atoms. The number of carbonyl (C=O) groups is 1. The van der Waals surface area contributed by atoms with E-state index in [1.807, 2.05) is 6.92 Å². The van der Waals surface area contributed by atoms with Crippen molar-refractivity contribution in [3.05, 3.63) is 23.8 Å². The van der Waals surface area contributed by atoms with E-state index < -0.39 is 6.04 Å². The second kappa shape index (κ2) is 6.86. The number of phenols is 1. The van der Waals surface area contributed by atoms with Crippen molar-refractivity contribution in [2.45, 2.75) is 26.3 Å². The molecule has 1 atom stereocenters. The number of aromatic hydroxyl groups is 1. The number of esters is 1. The summed E-state index contributed by atoms with van der Waals surface area (Å²) in [6, 6.07) is 4.35. The molecule has 0 saturated carbocycles. The highest BCUT2D eigenvalue weighted by Crippen LogP contribution is 2.29. The molecule has 3 N–H and O–H groups in total. The van der Waals surface area contributed by atoms with Crippen LogP contribution in [0.3, 0.4) is 0 Å². The van der Waals surface area contributed by atoms with E-state index in [4.69, 9.17) is 15.2 Å². The topological polar surface area (TPSA) is 81.8 Å². The summed E-state index contributed by atoms with van der Waals surface area (Å²) < 4.78 is 10.1. The van der Waals surface area contributed by atoms with Crippen molar-refractivity contribution in [2.75, 3.05) is 13.2 Å². The Labute approximate surface area is 107 Å². The fourth-order valence-corrected chi connectivity index (χ4v) is 1.55. The van der Waals surface area contributed by atoms with E-state index in [1.165, 1.54) is 6.07 Å². The van der Waals surface area contributed by atoms with Gasteiger partial charge in [0.05, 0.1) is 19.6 Å². The fraction of sp³-hybridized carbons (Fsp3) is 0.462. The molecule has 0 aliphatic carbocycles. The van der Waals surface area contributed by atoms with E-state index in [9.17, 15) is 9.90 Å². The normalized spacial score (nSPS) is 11.9. The van der Waals surface area contributed by atoms with Gasteiger partial charge in [0.1, 0.15) is 0 Å². The van der Waals surface area contributed by atoms with Crippen LogP contribution >= 0.6 is 0 Å². The highest BCUT2D eigenvalue weighted by atomic mass is 16.5. The van der Waals surface area contributed by atoms with Crippen molar-refractivity contribution in [1.82, 2.24) is 0 Å². The molecule has 0 spiro atoms. The van der Waals surface area contributed by atoms with E-state index in [0.717, 1.165) is 5.56 Å². The minimum atomic E-state index is -0.469. The fourth-order valence-electron chi connectivity index (χ4n) is 1.55. The number of hydrogen-bond acceptors (Lipinski definition) is 5. The van der Waals surface area contributed by atoms with Crippen LogP contribution in [0.1, 0.15) is 31.9 Å². The Morgan fingerprint density at radius 2 is 2.11 bits per heavy atom. The monoisotopic (exact) mass is 253 g/mol. The van der Waals surface area contributed by atoms with Gasteiger partial charge in [0.25, 0.3) is 0 Å². The van der Waals surface area contributed by atoms with Gasteiger partial charge in [-0.3, -0.25) is 4.79 Å². The predicted molar refractivity (Wildman–Crippen MR) is 67.5 cm³/mol. The lowest BCUT2D eigenvalue weighted by Gasteiger charge is -2.13. The summed E-state index contributed by atoms with van der Waals surface area (Å²) in [6.45, 7) is 4.36. The Hall–Kier alpha value is -1.75. The molecule has 0 unspecified atom stereocenters. The van der Waals surface area contributed by atoms with Crippen LogP contribution in [0.5, 0.6) is 11.5 Å². The van der Waals surface area contributed by atoms with Crippen LogP contribution in [0.2, 0.25) is 0 Å². The zero-order valence-electron chi connectivity index (χ0n) is 10.7. The summed E-state index contributed by atoms with van der Waals surface area (Å²) in [5.74, 6) is 0.0919. The molecule has 0 aromatic heterocycles. The molecule has 0 fully saturated rings. The Morgan fingerprint density at radius 3 is 2.72 bits per heavy atom. The molecule has 5 heteroatoms. The van der Waals surface area contributed by atoms with Crippen LogP contribution in [0, 0.1) is 0 Å². The molecule has 0 heterocycles. The Bertz CT molecular complexity index is 406. The number of carbonyl (C=O) groups excluding carboxylic acids is 1. The van der Waals surface area contributed by atoms with E-state index in [1.54, 1.807) is 19.1 Å². The van der Waals surface area contributed by atoms with E-state index in [-0.39, 0.29) is 18.1 Å². The quantitative estimate of drug-likeness (QED) is 0.755. The minimum Gasteiger partial charge on any atom is -0.504 e. The summed E-state index contributed by atoms with van der Waals surface area (Å²) in [4.78, 5) is 11.3. The van der Waals surface area contributed by atoms with Crippen LogP contribution in [0.4, 0.5) is 0 Å². The van der Waals surface area contributed by atoms with Gasteiger partial charge in [0.15, 0.2) is 11.5 Å². The summed E-state index contributed by atoms with van der Waals surface area (Å²) in [6.07, 6.45) is 0.101. The zero-order chi connectivity index (χ0) is 13.5. The number of hydrogen-bond donors (Lipinski definition) is 2. The highest BCUT2D eigenvalue weighted by Gasteiger charge is 2.14. The molecular weight excluding hydrogens is 234 g/mol. The van der Waals surface area contributed by atoms with Gasteiger partial charge < -0.3 is 20.3 Å². The van der Waals surface area contributed by atoms with Gasteiger partial charge in [-0.1, -0.05) is 6.07 Å². The molecule has 0 amide bonds. The van der Waals surface area contributed by atoms with Crippen molar-refractivity contribution in [3.8, 4) is 11.5 Å². The highest BCUT2D eigenvalue weighted by molar-refractivity contribution is 5.70. The van der Waals surface area contributed by atoms with Gasteiger partial charge in [0.2, 0.25) is 0 Å². The first-order chi connectivity index (χ1) is 8.58. The van der Waals surface area contributed by atoms with Gasteiger partial charge in [-0.25, -0.2) is 0 Å². The second-order valence-electron chi connectivity index (χ2n) is 3.78. The molecule has 0 saturated heterocycles. The molecule has 1 rings (SSSR count). The molecule has 5 nitrogen and oxygen atoms in total. The standard InChI is InChI=1S/C13H19NO4/c1-3-17-12-7-9(5-6-11(12)15)10(14)8-13(16)18-4-2/h5-7,10,15H,3-4,8,14H2,1-2H3/t10-/m1/s1. The van der Waals surface area contributed by atoms with Crippen LogP contribution < -0.4 is 10.5 Å². The molecule has 1 aromatic carbocycles. The van der Waals surface area contributed by atoms with Gasteiger partial charge in [-0.15, -0.1) is 0 Å². The first-order valence-corrected chi connectivity index (χ1v) is 5.95. The van der Waals surface area contributed by atoms with Gasteiger partial charge >= 0.3 is 5.97 Å². The largest absolute Gasteiger partial charge is 0.504 e. The van der Waals surface area contributed by atoms with Gasteiger partial charge in [0, 0.05) is 6.04 Å². The molecule has 1 aromatic rings. The zero-order valence-corrected chi connectivity index (χ0v) is 10.7. The van der Waals surface area contributed by atoms with Crippen LogP contribution in [0.25, 0.3) is 0 Å². The smallest absolute Gasteiger partial charge is 0.307 e. The Kier molecular flexibility index (Phi) is 5.45. The average Bonchev–Trinajstić information content (AvgIpc) is 2.32. The molecule has 0 bridgehead atoms. The number of nitrogens with two attached hydrogens (primary N) is 1. The molecule has 100 valence electrons. The molecule has 0 radical (unpaired) electrons. The summed E-state index contributed by atoms with van der Waals surface area (Å²) in [5, 5.41) is 9.56. The molecular formula is C13H19NO4. The van der Waals surface area contributed by atoms with Gasteiger partial charge in [-0.2, -0.15) is 0 Å². The molecule has 0 aliphatic rings. The third kappa shape index (κ3) is 3.92. The van der Waals surface area contributed by atoms with Crippen LogP contribution in [0.15, 0.2) is 18.2 Å². The van der Waals surface area contributed by atoms with E-state index >= 15 is 0 Å². The maximum Gasteiger partial charge on any atom is 0.307 e. The van der Waals surface area contributed by atoms with Gasteiger partial charge in [-0.05, 0) is 31.5 Å². The predicted octanol–water partition coefficient (Wildman–Crippen LogP) is 1.74. The van der Waals surface area contributed by atoms with E-state index in [0.29, 0.717) is 19.0 Å². The Morgan fingerprint density at radius 1 is 1.39 bits per heavy atom. The average molecular weight is 253 g/mol. The third-order valence-corrected chi connectivity index (χ3v) is 2.40. The minimum absolute atomic E-state index is 0.0592. The lowest BCUT2D eigenvalue weighted by Crippen LogP contribution is -2.17. The second-order valence-corrected chi connectivity index (χ2v) is 3.78. The first kappa shape index (κ1) is 14.3. The number of benzene rings is 1. The van der Waals surface area contributed by atoms with E-state index in [2.05, 4.69) is 0 Å². The van der Waals surface area contributed by atoms with Crippen molar-refractivity contribution in [2.24, 2.45) is 5.73 Å². The lowest BCUT2D eigenvalue weighted by molar-refractivity contribution is -0.143. The van der Waals surface area contributed by atoms with Crippen molar-refractivity contribution in [1.29, 1.82) is 0 Å². The maximum atomic E-state index is 11.3. The SMILES string of the molecule is CCOC(=O)C[C@@H](N)c1ccc(O)c(OCC)c1. The maximum absolute atomic E-state index is 11.3. The number of phenolic OH excluding ortho intramolecular Hbond substituents is 1. The number of rotatable bonds is 6. The van der Waals surface area contributed by atoms with Crippen molar-refractivity contribution in [3.63, 3.8) is 0 Å².